The Kier molecular flexibility index (Phi) is 2.57. The summed E-state index contributed by atoms with van der Waals surface area (Å²) in [5, 5.41) is 0. The van der Waals surface area contributed by atoms with Crippen molar-refractivity contribution in [3.63, 3.8) is 0 Å². The number of hydrogen-bond acceptors (Lipinski definition) is 2. The van der Waals surface area contributed by atoms with E-state index < -0.39 is 17.6 Å². The van der Waals surface area contributed by atoms with E-state index >= 15 is 0 Å². The van der Waals surface area contributed by atoms with Crippen molar-refractivity contribution in [1.82, 2.24) is 0 Å². The largest absolute Gasteiger partial charge is 0.475 e. The topological polar surface area (TPSA) is 21.6 Å². The Bertz CT molecular complexity index is 439. The van der Waals surface area contributed by atoms with Gasteiger partial charge in [0, 0.05) is 0 Å². The SMILES string of the molecule is Fc1cc(C(F)(F)F)ccc1C1=NCCO1. The van der Waals surface area contributed by atoms with Crippen molar-refractivity contribution >= 4 is 5.90 Å². The molecule has 0 radical (unpaired) electrons. The molecule has 0 aliphatic carbocycles. The number of ether oxygens (including phenoxy) is 1. The van der Waals surface area contributed by atoms with Crippen molar-refractivity contribution in [2.75, 3.05) is 13.2 Å². The average Bonchev–Trinajstić information content (AvgIpc) is 2.69. The predicted octanol–water partition coefficient (Wildman–Crippen LogP) is 2.62. The molecule has 86 valence electrons. The van der Waals surface area contributed by atoms with Crippen LogP contribution in [0, 0.1) is 5.82 Å². The molecule has 0 bridgehead atoms. The molecule has 1 aliphatic rings. The Hall–Kier alpha value is -1.59. The van der Waals surface area contributed by atoms with Gasteiger partial charge in [0.25, 0.3) is 0 Å². The minimum atomic E-state index is -4.54. The second-order valence-corrected chi connectivity index (χ2v) is 3.23. The highest BCUT2D eigenvalue weighted by molar-refractivity contribution is 5.95. The summed E-state index contributed by atoms with van der Waals surface area (Å²) in [5.41, 5.74) is -1.06. The highest BCUT2D eigenvalue weighted by Crippen LogP contribution is 2.30. The van der Waals surface area contributed by atoms with Gasteiger partial charge in [0.05, 0.1) is 17.7 Å². The number of nitrogens with zero attached hydrogens (tertiary/aromatic N) is 1. The van der Waals surface area contributed by atoms with E-state index in [9.17, 15) is 17.6 Å². The second-order valence-electron chi connectivity index (χ2n) is 3.23. The molecule has 0 aromatic heterocycles. The van der Waals surface area contributed by atoms with Crippen LogP contribution in [0.5, 0.6) is 0 Å². The molecular weight excluding hydrogens is 226 g/mol. The minimum absolute atomic E-state index is 0.0366. The van der Waals surface area contributed by atoms with Gasteiger partial charge in [-0.25, -0.2) is 9.38 Å². The van der Waals surface area contributed by atoms with Crippen LogP contribution in [0.25, 0.3) is 0 Å². The van der Waals surface area contributed by atoms with Crippen LogP contribution in [0.15, 0.2) is 23.2 Å². The Balaban J connectivity index is 2.37. The molecule has 1 aromatic rings. The van der Waals surface area contributed by atoms with Gasteiger partial charge in [-0.1, -0.05) is 0 Å². The van der Waals surface area contributed by atoms with Crippen molar-refractivity contribution in [3.8, 4) is 0 Å². The summed E-state index contributed by atoms with van der Waals surface area (Å²) in [6.07, 6.45) is -4.54. The Morgan fingerprint density at radius 3 is 2.50 bits per heavy atom. The first kappa shape index (κ1) is 10.9. The summed E-state index contributed by atoms with van der Waals surface area (Å²) in [5.74, 6) is -0.915. The van der Waals surface area contributed by atoms with Crippen LogP contribution in [0.4, 0.5) is 17.6 Å². The molecule has 0 spiro atoms. The Morgan fingerprint density at radius 1 is 1.25 bits per heavy atom. The van der Waals surface area contributed by atoms with Crippen LogP contribution in [0.1, 0.15) is 11.1 Å². The van der Waals surface area contributed by atoms with Gasteiger partial charge in [-0.3, -0.25) is 0 Å². The van der Waals surface area contributed by atoms with Crippen molar-refractivity contribution < 1.29 is 22.3 Å². The maximum absolute atomic E-state index is 13.4. The van der Waals surface area contributed by atoms with Crippen LogP contribution in [0.2, 0.25) is 0 Å². The van der Waals surface area contributed by atoms with Crippen LogP contribution < -0.4 is 0 Å². The number of halogens is 4. The summed E-state index contributed by atoms with van der Waals surface area (Å²) in [6.45, 7) is 0.728. The lowest BCUT2D eigenvalue weighted by Gasteiger charge is -2.08. The van der Waals surface area contributed by atoms with E-state index in [-0.39, 0.29) is 11.5 Å². The highest BCUT2D eigenvalue weighted by Gasteiger charge is 2.31. The normalized spacial score (nSPS) is 15.9. The number of hydrogen-bond donors (Lipinski definition) is 0. The molecule has 6 heteroatoms. The van der Waals surface area contributed by atoms with Gasteiger partial charge in [-0.2, -0.15) is 13.2 Å². The molecule has 0 saturated heterocycles. The van der Waals surface area contributed by atoms with Crippen molar-refractivity contribution in [1.29, 1.82) is 0 Å². The van der Waals surface area contributed by atoms with Gasteiger partial charge < -0.3 is 4.74 Å². The number of rotatable bonds is 1. The zero-order valence-corrected chi connectivity index (χ0v) is 8.01. The van der Waals surface area contributed by atoms with Gasteiger partial charge in [-0.05, 0) is 18.2 Å². The molecular formula is C10H7F4NO. The zero-order chi connectivity index (χ0) is 11.8. The van der Waals surface area contributed by atoms with E-state index in [0.717, 1.165) is 12.1 Å². The quantitative estimate of drug-likeness (QED) is 0.683. The van der Waals surface area contributed by atoms with Crippen molar-refractivity contribution in [2.24, 2.45) is 4.99 Å². The Morgan fingerprint density at radius 2 is 2.00 bits per heavy atom. The second kappa shape index (κ2) is 3.77. The first-order valence-electron chi connectivity index (χ1n) is 4.53. The summed E-state index contributed by atoms with van der Waals surface area (Å²) in [6, 6.07) is 2.28. The molecule has 2 rings (SSSR count). The maximum Gasteiger partial charge on any atom is 0.416 e. The molecule has 0 amide bonds. The molecule has 2 nitrogen and oxygen atoms in total. The van der Waals surface area contributed by atoms with Gasteiger partial charge in [0.15, 0.2) is 0 Å². The van der Waals surface area contributed by atoms with Gasteiger partial charge >= 0.3 is 6.18 Å². The smallest absolute Gasteiger partial charge is 0.416 e. The molecule has 1 aliphatic heterocycles. The zero-order valence-electron chi connectivity index (χ0n) is 8.01. The summed E-state index contributed by atoms with van der Waals surface area (Å²) in [7, 11) is 0. The van der Waals surface area contributed by atoms with E-state index in [0.29, 0.717) is 19.2 Å². The van der Waals surface area contributed by atoms with Crippen molar-refractivity contribution in [2.45, 2.75) is 6.18 Å². The lowest BCUT2D eigenvalue weighted by atomic mass is 10.1. The minimum Gasteiger partial charge on any atom is -0.475 e. The molecule has 1 aromatic carbocycles. The molecule has 0 N–H and O–H groups in total. The van der Waals surface area contributed by atoms with Gasteiger partial charge in [0.1, 0.15) is 12.4 Å². The average molecular weight is 233 g/mol. The monoisotopic (exact) mass is 233 g/mol. The summed E-state index contributed by atoms with van der Waals surface area (Å²) >= 11 is 0. The van der Waals surface area contributed by atoms with Gasteiger partial charge in [0.2, 0.25) is 5.90 Å². The van der Waals surface area contributed by atoms with E-state index in [1.54, 1.807) is 0 Å². The third kappa shape index (κ3) is 2.00. The molecule has 0 unspecified atom stereocenters. The van der Waals surface area contributed by atoms with E-state index in [1.807, 2.05) is 0 Å². The van der Waals surface area contributed by atoms with Crippen molar-refractivity contribution in [3.05, 3.63) is 35.1 Å². The third-order valence-corrected chi connectivity index (χ3v) is 2.11. The fraction of sp³-hybridized carbons (Fsp3) is 0.300. The first-order valence-corrected chi connectivity index (χ1v) is 4.53. The summed E-state index contributed by atoms with van der Waals surface area (Å²) in [4.78, 5) is 3.83. The number of alkyl halides is 3. The van der Waals surface area contributed by atoms with Gasteiger partial charge in [-0.15, -0.1) is 0 Å². The van der Waals surface area contributed by atoms with E-state index in [4.69, 9.17) is 4.74 Å². The first-order chi connectivity index (χ1) is 7.48. The predicted molar refractivity (Wildman–Crippen MR) is 48.8 cm³/mol. The third-order valence-electron chi connectivity index (χ3n) is 2.11. The molecule has 0 saturated carbocycles. The fourth-order valence-electron chi connectivity index (χ4n) is 1.36. The molecule has 0 atom stereocenters. The summed E-state index contributed by atoms with van der Waals surface area (Å²) < 4.78 is 55.1. The maximum atomic E-state index is 13.4. The standard InChI is InChI=1S/C10H7F4NO/c11-8-5-6(10(12,13)14)1-2-7(8)9-15-3-4-16-9/h1-2,5H,3-4H2. The number of aliphatic imine (C=N–C) groups is 1. The van der Waals surface area contributed by atoms with E-state index in [1.165, 1.54) is 0 Å². The molecule has 0 fully saturated rings. The lowest BCUT2D eigenvalue weighted by Crippen LogP contribution is -2.09. The highest BCUT2D eigenvalue weighted by atomic mass is 19.4. The van der Waals surface area contributed by atoms with E-state index in [2.05, 4.69) is 4.99 Å². The van der Waals surface area contributed by atoms with Crippen LogP contribution in [-0.2, 0) is 10.9 Å². The molecule has 1 heterocycles. The lowest BCUT2D eigenvalue weighted by molar-refractivity contribution is -0.137. The van der Waals surface area contributed by atoms with Crippen LogP contribution in [0.3, 0.4) is 0 Å². The molecule has 16 heavy (non-hydrogen) atoms. The number of benzene rings is 1. The van der Waals surface area contributed by atoms with Crippen LogP contribution in [-0.4, -0.2) is 19.0 Å². The Labute approximate surface area is 88.6 Å². The van der Waals surface area contributed by atoms with Crippen LogP contribution >= 0.6 is 0 Å². The fourth-order valence-corrected chi connectivity index (χ4v) is 1.36.